The lowest BCUT2D eigenvalue weighted by Gasteiger charge is -2.54. The minimum absolute atomic E-state index is 0.118. The quantitative estimate of drug-likeness (QED) is 0.488. The standard InChI is InChI=1S/C24H34O2Si/c1-7-24(26-27(4,5)6)15-13-22-21-10-8-17-16-18(25-3)9-11-19(17)20(21)12-14-23(22,24)2/h1,9,11,16,20-22H,8,10,12-15H2,2-6H3. The van der Waals surface area contributed by atoms with Crippen LogP contribution in [0.4, 0.5) is 0 Å². The summed E-state index contributed by atoms with van der Waals surface area (Å²) in [5.41, 5.74) is 2.83. The van der Waals surface area contributed by atoms with E-state index in [9.17, 15) is 0 Å². The first-order chi connectivity index (χ1) is 12.7. The summed E-state index contributed by atoms with van der Waals surface area (Å²) in [5.74, 6) is 6.29. The van der Waals surface area contributed by atoms with Crippen LogP contribution in [0.15, 0.2) is 18.2 Å². The average molecular weight is 383 g/mol. The van der Waals surface area contributed by atoms with Crippen LogP contribution in [0.3, 0.4) is 0 Å². The third-order valence-corrected chi connectivity index (χ3v) is 8.73. The smallest absolute Gasteiger partial charge is 0.185 e. The molecule has 3 aliphatic carbocycles. The number of terminal acetylenes is 1. The van der Waals surface area contributed by atoms with Gasteiger partial charge in [-0.1, -0.05) is 18.9 Å². The van der Waals surface area contributed by atoms with Crippen LogP contribution in [-0.2, 0) is 10.8 Å². The lowest BCUT2D eigenvalue weighted by atomic mass is 9.53. The van der Waals surface area contributed by atoms with Crippen molar-refractivity contribution in [2.24, 2.45) is 17.3 Å². The maximum absolute atomic E-state index is 6.77. The van der Waals surface area contributed by atoms with Crippen LogP contribution in [0.25, 0.3) is 0 Å². The number of fused-ring (bicyclic) bond motifs is 5. The second-order valence-corrected chi connectivity index (χ2v) is 14.6. The van der Waals surface area contributed by atoms with Gasteiger partial charge in [0, 0.05) is 5.41 Å². The molecule has 3 heteroatoms. The fourth-order valence-corrected chi connectivity index (χ4v) is 8.08. The predicted octanol–water partition coefficient (Wildman–Crippen LogP) is 5.77. The number of methoxy groups -OCH3 is 1. The molecule has 146 valence electrons. The molecule has 0 spiro atoms. The molecular formula is C24H34O2Si. The van der Waals surface area contributed by atoms with Crippen molar-refractivity contribution in [1.82, 2.24) is 0 Å². The molecule has 0 N–H and O–H groups in total. The first kappa shape index (κ1) is 19.1. The van der Waals surface area contributed by atoms with Crippen LogP contribution in [0, 0.1) is 29.6 Å². The van der Waals surface area contributed by atoms with Crippen molar-refractivity contribution in [1.29, 1.82) is 0 Å². The summed E-state index contributed by atoms with van der Waals surface area (Å²) in [5, 5.41) is 0. The molecule has 5 unspecified atom stereocenters. The fraction of sp³-hybridized carbons (Fsp3) is 0.667. The molecule has 1 aromatic rings. The molecule has 0 amide bonds. The van der Waals surface area contributed by atoms with Crippen LogP contribution in [0.5, 0.6) is 5.75 Å². The van der Waals surface area contributed by atoms with E-state index in [1.54, 1.807) is 12.7 Å². The zero-order chi connectivity index (χ0) is 19.4. The SMILES string of the molecule is C#CC1(O[Si](C)(C)C)CCC2C3CCc4cc(OC)ccc4C3CCC21C. The van der Waals surface area contributed by atoms with Gasteiger partial charge in [0.1, 0.15) is 11.4 Å². The first-order valence-electron chi connectivity index (χ1n) is 10.6. The molecule has 0 aromatic heterocycles. The molecule has 0 aliphatic heterocycles. The van der Waals surface area contributed by atoms with Gasteiger partial charge in [0.05, 0.1) is 7.11 Å². The number of aryl methyl sites for hydroxylation is 1. The van der Waals surface area contributed by atoms with Crippen LogP contribution in [0.2, 0.25) is 19.6 Å². The monoisotopic (exact) mass is 382 g/mol. The molecule has 4 rings (SSSR count). The van der Waals surface area contributed by atoms with Crippen molar-refractivity contribution in [3.63, 3.8) is 0 Å². The molecule has 5 atom stereocenters. The van der Waals surface area contributed by atoms with Crippen LogP contribution in [0.1, 0.15) is 56.1 Å². The normalized spacial score (nSPS) is 37.7. The zero-order valence-corrected chi connectivity index (χ0v) is 18.6. The van der Waals surface area contributed by atoms with Crippen molar-refractivity contribution < 1.29 is 9.16 Å². The summed E-state index contributed by atoms with van der Waals surface area (Å²) >= 11 is 0. The maximum atomic E-state index is 6.77. The Bertz CT molecular complexity index is 774. The van der Waals surface area contributed by atoms with E-state index in [1.807, 2.05) is 0 Å². The molecule has 27 heavy (non-hydrogen) atoms. The van der Waals surface area contributed by atoms with E-state index in [4.69, 9.17) is 15.6 Å². The Hall–Kier alpha value is -1.24. The van der Waals surface area contributed by atoms with E-state index in [0.29, 0.717) is 11.8 Å². The number of ether oxygens (including phenoxy) is 1. The Morgan fingerprint density at radius 1 is 1.15 bits per heavy atom. The summed E-state index contributed by atoms with van der Waals surface area (Å²) < 4.78 is 12.2. The highest BCUT2D eigenvalue weighted by Crippen LogP contribution is 2.65. The second kappa shape index (κ2) is 6.39. The van der Waals surface area contributed by atoms with Gasteiger partial charge >= 0.3 is 0 Å². The molecule has 2 saturated carbocycles. The molecule has 0 heterocycles. The molecular weight excluding hydrogens is 348 g/mol. The summed E-state index contributed by atoms with van der Waals surface area (Å²) in [4.78, 5) is 0. The van der Waals surface area contributed by atoms with Gasteiger partial charge in [-0.2, -0.15) is 0 Å². The topological polar surface area (TPSA) is 18.5 Å². The van der Waals surface area contributed by atoms with E-state index in [-0.39, 0.29) is 11.0 Å². The van der Waals surface area contributed by atoms with E-state index in [1.165, 1.54) is 31.2 Å². The Balaban J connectivity index is 1.67. The lowest BCUT2D eigenvalue weighted by molar-refractivity contribution is -0.0537. The molecule has 1 aromatic carbocycles. The molecule has 0 radical (unpaired) electrons. The molecule has 3 aliphatic rings. The Labute approximate surface area is 166 Å². The van der Waals surface area contributed by atoms with E-state index in [2.05, 4.69) is 50.7 Å². The van der Waals surface area contributed by atoms with Gasteiger partial charge in [-0.25, -0.2) is 0 Å². The van der Waals surface area contributed by atoms with Crippen molar-refractivity contribution in [3.05, 3.63) is 29.3 Å². The summed E-state index contributed by atoms with van der Waals surface area (Å²) in [7, 11) is 0.0527. The van der Waals surface area contributed by atoms with Gasteiger partial charge in [0.2, 0.25) is 0 Å². The van der Waals surface area contributed by atoms with E-state index in [0.717, 1.165) is 24.5 Å². The number of rotatable bonds is 3. The van der Waals surface area contributed by atoms with Crippen LogP contribution in [-0.4, -0.2) is 21.0 Å². The molecule has 2 nitrogen and oxygen atoms in total. The van der Waals surface area contributed by atoms with Gasteiger partial charge in [0.15, 0.2) is 8.32 Å². The van der Waals surface area contributed by atoms with Gasteiger partial charge in [-0.15, -0.1) is 6.42 Å². The lowest BCUT2D eigenvalue weighted by Crippen LogP contribution is -2.54. The van der Waals surface area contributed by atoms with Crippen molar-refractivity contribution >= 4 is 8.32 Å². The Morgan fingerprint density at radius 2 is 1.93 bits per heavy atom. The van der Waals surface area contributed by atoms with Crippen molar-refractivity contribution in [2.75, 3.05) is 7.11 Å². The highest BCUT2D eigenvalue weighted by molar-refractivity contribution is 6.69. The van der Waals surface area contributed by atoms with Crippen LogP contribution < -0.4 is 4.74 Å². The van der Waals surface area contributed by atoms with Crippen LogP contribution >= 0.6 is 0 Å². The number of hydrogen-bond acceptors (Lipinski definition) is 2. The van der Waals surface area contributed by atoms with Crippen molar-refractivity contribution in [2.45, 2.75) is 76.6 Å². The summed E-state index contributed by atoms with van der Waals surface area (Å²) in [6.45, 7) is 9.28. The Kier molecular flexibility index (Phi) is 4.52. The maximum Gasteiger partial charge on any atom is 0.185 e. The minimum Gasteiger partial charge on any atom is -0.497 e. The summed E-state index contributed by atoms with van der Waals surface area (Å²) in [6.07, 6.45) is 13.3. The van der Waals surface area contributed by atoms with Gasteiger partial charge in [-0.05, 0) is 99.2 Å². The fourth-order valence-electron chi connectivity index (χ4n) is 6.64. The second-order valence-electron chi connectivity index (χ2n) is 10.2. The third-order valence-electron chi connectivity index (χ3n) is 7.77. The van der Waals surface area contributed by atoms with E-state index >= 15 is 0 Å². The highest BCUT2D eigenvalue weighted by atomic mass is 28.4. The first-order valence-corrected chi connectivity index (χ1v) is 14.0. The molecule has 0 saturated heterocycles. The van der Waals surface area contributed by atoms with Gasteiger partial charge in [-0.3, -0.25) is 0 Å². The molecule has 2 fully saturated rings. The van der Waals surface area contributed by atoms with Gasteiger partial charge in [0.25, 0.3) is 0 Å². The zero-order valence-electron chi connectivity index (χ0n) is 17.6. The third kappa shape index (κ3) is 2.88. The number of hydrogen-bond donors (Lipinski definition) is 0. The summed E-state index contributed by atoms with van der Waals surface area (Å²) in [6, 6.07) is 6.73. The number of benzene rings is 1. The largest absolute Gasteiger partial charge is 0.497 e. The van der Waals surface area contributed by atoms with E-state index < -0.39 is 8.32 Å². The van der Waals surface area contributed by atoms with Crippen molar-refractivity contribution in [3.8, 4) is 18.1 Å². The predicted molar refractivity (Wildman–Crippen MR) is 114 cm³/mol. The average Bonchev–Trinajstić information content (AvgIpc) is 2.92. The van der Waals surface area contributed by atoms with Gasteiger partial charge < -0.3 is 9.16 Å². The Morgan fingerprint density at radius 3 is 2.59 bits per heavy atom. The molecule has 0 bridgehead atoms. The minimum atomic E-state index is -1.71. The highest BCUT2D eigenvalue weighted by Gasteiger charge is 2.63.